The summed E-state index contributed by atoms with van der Waals surface area (Å²) in [6.45, 7) is 8.51. The summed E-state index contributed by atoms with van der Waals surface area (Å²) in [6, 6.07) is 7.93. The molecular formula is C15H21ClN2S. The third-order valence-electron chi connectivity index (χ3n) is 2.94. The second-order valence-electron chi connectivity index (χ2n) is 6.10. The van der Waals surface area contributed by atoms with Crippen LogP contribution in [0.15, 0.2) is 29.3 Å². The number of hydrogen-bond acceptors (Lipinski definition) is 3. The number of hydrogen-bond donors (Lipinski definition) is 1. The summed E-state index contributed by atoms with van der Waals surface area (Å²) in [7, 11) is 0. The molecule has 0 saturated heterocycles. The topological polar surface area (TPSA) is 24.4 Å². The average Bonchev–Trinajstić information content (AvgIpc) is 2.73. The lowest BCUT2D eigenvalue weighted by Crippen LogP contribution is -2.20. The lowest BCUT2D eigenvalue weighted by Gasteiger charge is -2.21. The molecule has 1 unspecified atom stereocenters. The van der Waals surface area contributed by atoms with Gasteiger partial charge in [-0.15, -0.1) is 0 Å². The predicted octanol–water partition coefficient (Wildman–Crippen LogP) is 4.34. The Morgan fingerprint density at radius 3 is 2.79 bits per heavy atom. The number of nitrogens with zero attached hydrogens (tertiary/aromatic N) is 1. The van der Waals surface area contributed by atoms with E-state index < -0.39 is 0 Å². The minimum Gasteiger partial charge on any atom is -0.361 e. The lowest BCUT2D eigenvalue weighted by atomic mass is 9.90. The number of thioether (sulfide) groups is 1. The zero-order valence-electron chi connectivity index (χ0n) is 11.7. The number of rotatable bonds is 3. The second-order valence-corrected chi connectivity index (χ2v) is 7.79. The predicted molar refractivity (Wildman–Crippen MR) is 86.0 cm³/mol. The Hall–Kier alpha value is -0.670. The van der Waals surface area contributed by atoms with E-state index in [2.05, 4.69) is 31.1 Å². The van der Waals surface area contributed by atoms with Crippen LogP contribution in [0.25, 0.3) is 0 Å². The molecule has 104 valence electrons. The van der Waals surface area contributed by atoms with Gasteiger partial charge >= 0.3 is 0 Å². The summed E-state index contributed by atoms with van der Waals surface area (Å²) in [6.07, 6.45) is 1.19. The Balaban J connectivity index is 1.81. The van der Waals surface area contributed by atoms with E-state index in [-0.39, 0.29) is 0 Å². The first kappa shape index (κ1) is 14.7. The average molecular weight is 297 g/mol. The molecule has 1 aromatic rings. The fourth-order valence-electron chi connectivity index (χ4n) is 2.12. The van der Waals surface area contributed by atoms with Crippen LogP contribution in [0.1, 0.15) is 32.8 Å². The molecule has 0 bridgehead atoms. The van der Waals surface area contributed by atoms with Crippen molar-refractivity contribution < 1.29 is 0 Å². The van der Waals surface area contributed by atoms with Gasteiger partial charge in [-0.3, -0.25) is 4.99 Å². The molecule has 19 heavy (non-hydrogen) atoms. The lowest BCUT2D eigenvalue weighted by molar-refractivity contribution is 0.375. The van der Waals surface area contributed by atoms with E-state index in [0.29, 0.717) is 10.7 Å². The van der Waals surface area contributed by atoms with Gasteiger partial charge in [0.25, 0.3) is 0 Å². The first-order valence-electron chi connectivity index (χ1n) is 6.62. The van der Waals surface area contributed by atoms with Crippen LogP contribution in [-0.4, -0.2) is 17.0 Å². The Labute approximate surface area is 125 Å². The van der Waals surface area contributed by atoms with Crippen molar-refractivity contribution in [3.63, 3.8) is 0 Å². The van der Waals surface area contributed by atoms with Gasteiger partial charge in [-0.25, -0.2) is 0 Å². The third kappa shape index (κ3) is 4.73. The summed E-state index contributed by atoms with van der Waals surface area (Å²) < 4.78 is 0. The number of aliphatic imine (C=N–C) groups is 1. The van der Waals surface area contributed by atoms with Crippen LogP contribution in [-0.2, 0) is 6.54 Å². The van der Waals surface area contributed by atoms with Gasteiger partial charge in [0.15, 0.2) is 5.17 Å². The minimum atomic E-state index is 0.366. The maximum absolute atomic E-state index is 6.14. The van der Waals surface area contributed by atoms with Gasteiger partial charge in [0.1, 0.15) is 0 Å². The zero-order valence-corrected chi connectivity index (χ0v) is 13.3. The van der Waals surface area contributed by atoms with Crippen molar-refractivity contribution in [3.05, 3.63) is 34.9 Å². The molecule has 0 amide bonds. The van der Waals surface area contributed by atoms with Crippen molar-refractivity contribution in [1.29, 1.82) is 0 Å². The highest BCUT2D eigenvalue weighted by Gasteiger charge is 2.24. The molecule has 1 atom stereocenters. The Morgan fingerprint density at radius 1 is 1.37 bits per heavy atom. The van der Waals surface area contributed by atoms with E-state index in [1.807, 2.05) is 36.0 Å². The van der Waals surface area contributed by atoms with Crippen LogP contribution >= 0.6 is 23.4 Å². The number of nitrogens with one attached hydrogen (secondary N) is 1. The normalized spacial score (nSPS) is 19.4. The van der Waals surface area contributed by atoms with E-state index in [4.69, 9.17) is 11.6 Å². The van der Waals surface area contributed by atoms with Crippen LogP contribution in [0.3, 0.4) is 0 Å². The molecule has 0 radical (unpaired) electrons. The van der Waals surface area contributed by atoms with Gasteiger partial charge in [-0.1, -0.05) is 62.3 Å². The standard InChI is InChI=1S/C15H21ClN2S/c1-15(2,3)8-12-10-18-14(19-12)17-9-11-6-4-5-7-13(11)16/h4-7,12H,8-10H2,1-3H3,(H,17,18). The number of amidine groups is 1. The van der Waals surface area contributed by atoms with Gasteiger partial charge in [-0.2, -0.15) is 0 Å². The first-order valence-corrected chi connectivity index (χ1v) is 7.88. The summed E-state index contributed by atoms with van der Waals surface area (Å²) >= 11 is 8.00. The molecule has 1 aliphatic heterocycles. The molecule has 1 heterocycles. The zero-order chi connectivity index (χ0) is 13.9. The fourth-order valence-corrected chi connectivity index (χ4v) is 3.67. The van der Waals surface area contributed by atoms with Gasteiger partial charge in [0, 0.05) is 16.8 Å². The molecule has 0 fully saturated rings. The molecule has 4 heteroatoms. The van der Waals surface area contributed by atoms with Crippen molar-refractivity contribution in [1.82, 2.24) is 5.32 Å². The highest BCUT2D eigenvalue weighted by molar-refractivity contribution is 8.14. The van der Waals surface area contributed by atoms with Crippen molar-refractivity contribution in [3.8, 4) is 0 Å². The first-order chi connectivity index (χ1) is 8.94. The molecule has 2 rings (SSSR count). The maximum Gasteiger partial charge on any atom is 0.157 e. The Morgan fingerprint density at radius 2 is 2.11 bits per heavy atom. The molecular weight excluding hydrogens is 276 g/mol. The van der Waals surface area contributed by atoms with Gasteiger partial charge in [0.2, 0.25) is 0 Å². The van der Waals surface area contributed by atoms with E-state index in [9.17, 15) is 0 Å². The van der Waals surface area contributed by atoms with Gasteiger partial charge in [0.05, 0.1) is 6.54 Å². The minimum absolute atomic E-state index is 0.366. The summed E-state index contributed by atoms with van der Waals surface area (Å²) in [5.74, 6) is 0. The molecule has 1 aromatic carbocycles. The summed E-state index contributed by atoms with van der Waals surface area (Å²) in [5.41, 5.74) is 1.48. The number of halogens is 1. The molecule has 2 nitrogen and oxygen atoms in total. The van der Waals surface area contributed by atoms with Crippen molar-refractivity contribution >= 4 is 28.5 Å². The molecule has 1 aliphatic rings. The number of benzene rings is 1. The van der Waals surface area contributed by atoms with E-state index in [1.54, 1.807) is 0 Å². The van der Waals surface area contributed by atoms with Crippen molar-refractivity contribution in [2.45, 2.75) is 39.0 Å². The van der Waals surface area contributed by atoms with Crippen molar-refractivity contribution in [2.24, 2.45) is 10.4 Å². The molecule has 0 aromatic heterocycles. The molecule has 0 saturated carbocycles. The van der Waals surface area contributed by atoms with Crippen molar-refractivity contribution in [2.75, 3.05) is 6.54 Å². The fraction of sp³-hybridized carbons (Fsp3) is 0.533. The van der Waals surface area contributed by atoms with Crippen LogP contribution in [0.5, 0.6) is 0 Å². The van der Waals surface area contributed by atoms with Crippen LogP contribution < -0.4 is 5.32 Å². The van der Waals surface area contributed by atoms with E-state index in [0.717, 1.165) is 28.8 Å². The third-order valence-corrected chi connectivity index (χ3v) is 4.46. The monoisotopic (exact) mass is 296 g/mol. The highest BCUT2D eigenvalue weighted by Crippen LogP contribution is 2.31. The van der Waals surface area contributed by atoms with E-state index in [1.165, 1.54) is 6.42 Å². The summed E-state index contributed by atoms with van der Waals surface area (Å²) in [4.78, 5) is 4.57. The largest absolute Gasteiger partial charge is 0.361 e. The van der Waals surface area contributed by atoms with Crippen LogP contribution in [0, 0.1) is 5.41 Å². The maximum atomic E-state index is 6.14. The van der Waals surface area contributed by atoms with Gasteiger partial charge < -0.3 is 5.32 Å². The second kappa shape index (κ2) is 6.19. The van der Waals surface area contributed by atoms with Gasteiger partial charge in [-0.05, 0) is 23.5 Å². The SMILES string of the molecule is CC(C)(C)CC1CN=C(NCc2ccccc2Cl)S1. The summed E-state index contributed by atoms with van der Waals surface area (Å²) in [5, 5.41) is 5.85. The van der Waals surface area contributed by atoms with E-state index >= 15 is 0 Å². The van der Waals surface area contributed by atoms with Crippen LogP contribution in [0.4, 0.5) is 0 Å². The Bertz CT molecular complexity index is 465. The quantitative estimate of drug-likeness (QED) is 0.897. The molecule has 0 spiro atoms. The highest BCUT2D eigenvalue weighted by atomic mass is 35.5. The molecule has 1 N–H and O–H groups in total. The Kier molecular flexibility index (Phi) is 4.80. The van der Waals surface area contributed by atoms with Crippen LogP contribution in [0.2, 0.25) is 5.02 Å². The molecule has 0 aliphatic carbocycles. The smallest absolute Gasteiger partial charge is 0.157 e.